The lowest BCUT2D eigenvalue weighted by atomic mass is 10.0. The number of halogens is 1. The van der Waals surface area contributed by atoms with Crippen LogP contribution in [0.1, 0.15) is 34.3 Å². The number of fused-ring (bicyclic) bond motifs is 1. The van der Waals surface area contributed by atoms with Crippen molar-refractivity contribution in [2.45, 2.75) is 36.9 Å². The third-order valence-electron chi connectivity index (χ3n) is 5.27. The van der Waals surface area contributed by atoms with Crippen molar-refractivity contribution in [3.05, 3.63) is 58.9 Å². The first-order valence-electron chi connectivity index (χ1n) is 9.24. The average molecular weight is 430 g/mol. The SMILES string of the molecule is O=C1CCC(N2Cc3c(NCc4cccc(S(=O)[O-])c4F)cccc3C2=O)C(=O)N1. The molecule has 2 atom stereocenters. The van der Waals surface area contributed by atoms with E-state index in [2.05, 4.69) is 10.6 Å². The molecule has 10 heteroatoms. The minimum Gasteiger partial charge on any atom is -0.768 e. The highest BCUT2D eigenvalue weighted by Gasteiger charge is 2.39. The van der Waals surface area contributed by atoms with E-state index in [4.69, 9.17) is 0 Å². The predicted molar refractivity (Wildman–Crippen MR) is 103 cm³/mol. The van der Waals surface area contributed by atoms with E-state index in [1.54, 1.807) is 18.2 Å². The first kappa shape index (κ1) is 20.2. The van der Waals surface area contributed by atoms with Gasteiger partial charge in [-0.25, -0.2) is 4.39 Å². The van der Waals surface area contributed by atoms with Gasteiger partial charge in [0.05, 0.1) is 4.90 Å². The summed E-state index contributed by atoms with van der Waals surface area (Å²) in [7, 11) is 0. The van der Waals surface area contributed by atoms with Gasteiger partial charge in [0.15, 0.2) is 0 Å². The van der Waals surface area contributed by atoms with Gasteiger partial charge in [-0.3, -0.25) is 23.9 Å². The Morgan fingerprint density at radius 2 is 1.97 bits per heavy atom. The number of nitrogens with one attached hydrogen (secondary N) is 2. The third kappa shape index (κ3) is 3.59. The smallest absolute Gasteiger partial charge is 0.255 e. The number of benzene rings is 2. The normalized spacial score (nSPS) is 19.5. The summed E-state index contributed by atoms with van der Waals surface area (Å²) in [6.45, 7) is 0.191. The van der Waals surface area contributed by atoms with E-state index in [0.717, 1.165) is 0 Å². The topological polar surface area (TPSA) is 119 Å². The Morgan fingerprint density at radius 1 is 1.20 bits per heavy atom. The lowest BCUT2D eigenvalue weighted by Crippen LogP contribution is -2.52. The summed E-state index contributed by atoms with van der Waals surface area (Å²) in [5.74, 6) is -1.98. The van der Waals surface area contributed by atoms with Crippen LogP contribution in [0.3, 0.4) is 0 Å². The summed E-state index contributed by atoms with van der Waals surface area (Å²) >= 11 is -2.68. The summed E-state index contributed by atoms with van der Waals surface area (Å²) in [6.07, 6.45) is 0.426. The average Bonchev–Trinajstić information content (AvgIpc) is 3.04. The van der Waals surface area contributed by atoms with Crippen molar-refractivity contribution < 1.29 is 27.5 Å². The molecule has 2 aliphatic heterocycles. The number of hydrogen-bond donors (Lipinski definition) is 2. The highest BCUT2D eigenvalue weighted by molar-refractivity contribution is 7.79. The van der Waals surface area contributed by atoms with Gasteiger partial charge in [-0.15, -0.1) is 0 Å². The van der Waals surface area contributed by atoms with Crippen molar-refractivity contribution in [1.29, 1.82) is 0 Å². The minimum atomic E-state index is -2.68. The van der Waals surface area contributed by atoms with Gasteiger partial charge in [-0.2, -0.15) is 0 Å². The van der Waals surface area contributed by atoms with E-state index in [9.17, 15) is 27.5 Å². The Hall–Kier alpha value is -3.11. The van der Waals surface area contributed by atoms with Gasteiger partial charge >= 0.3 is 0 Å². The number of anilines is 1. The fourth-order valence-corrected chi connectivity index (χ4v) is 4.23. The van der Waals surface area contributed by atoms with Crippen LogP contribution in [0.25, 0.3) is 0 Å². The molecule has 2 aromatic carbocycles. The number of amides is 3. The Kier molecular flexibility index (Phi) is 5.35. The fourth-order valence-electron chi connectivity index (χ4n) is 3.76. The standard InChI is InChI=1S/C20H18FN3O5S/c21-18-11(3-1-6-16(18)30(28)29)9-22-14-5-2-4-12-13(14)10-24(20(12)27)15-7-8-17(25)23-19(15)26/h1-6,15,22H,7-10H2,(H,28,29)(H,23,25,26)/p-1. The highest BCUT2D eigenvalue weighted by atomic mass is 32.2. The molecule has 0 spiro atoms. The summed E-state index contributed by atoms with van der Waals surface area (Å²) in [5, 5.41) is 5.31. The molecule has 0 bridgehead atoms. The van der Waals surface area contributed by atoms with Crippen LogP contribution in [-0.4, -0.2) is 37.4 Å². The van der Waals surface area contributed by atoms with E-state index >= 15 is 0 Å². The zero-order valence-corrected chi connectivity index (χ0v) is 16.5. The Labute approximate surface area is 173 Å². The maximum atomic E-state index is 14.4. The summed E-state index contributed by atoms with van der Waals surface area (Å²) in [6, 6.07) is 8.43. The fraction of sp³-hybridized carbons (Fsp3) is 0.250. The molecule has 0 aromatic heterocycles. The van der Waals surface area contributed by atoms with Crippen LogP contribution in [0, 0.1) is 5.82 Å². The van der Waals surface area contributed by atoms with Crippen molar-refractivity contribution in [2.24, 2.45) is 0 Å². The first-order chi connectivity index (χ1) is 14.4. The Morgan fingerprint density at radius 3 is 2.70 bits per heavy atom. The third-order valence-corrected chi connectivity index (χ3v) is 5.95. The maximum absolute atomic E-state index is 14.4. The predicted octanol–water partition coefficient (Wildman–Crippen LogP) is 1.44. The van der Waals surface area contributed by atoms with Gasteiger partial charge in [0.25, 0.3) is 5.91 Å². The zero-order valence-electron chi connectivity index (χ0n) is 15.6. The quantitative estimate of drug-likeness (QED) is 0.547. The van der Waals surface area contributed by atoms with Crippen LogP contribution in [0.5, 0.6) is 0 Å². The molecule has 156 valence electrons. The van der Waals surface area contributed by atoms with E-state index in [1.807, 2.05) is 0 Å². The molecule has 2 aliphatic rings. The van der Waals surface area contributed by atoms with Crippen LogP contribution < -0.4 is 10.6 Å². The largest absolute Gasteiger partial charge is 0.768 e. The molecule has 2 heterocycles. The van der Waals surface area contributed by atoms with Gasteiger partial charge in [0.2, 0.25) is 11.8 Å². The van der Waals surface area contributed by atoms with E-state index in [0.29, 0.717) is 16.8 Å². The van der Waals surface area contributed by atoms with Crippen LogP contribution in [-0.2, 0) is 33.8 Å². The monoisotopic (exact) mass is 430 g/mol. The number of carbonyl (C=O) groups excluding carboxylic acids is 3. The number of hydrogen-bond acceptors (Lipinski definition) is 6. The van der Waals surface area contributed by atoms with Gasteiger partial charge in [-0.1, -0.05) is 18.2 Å². The summed E-state index contributed by atoms with van der Waals surface area (Å²) in [5.41, 5.74) is 1.85. The molecule has 1 saturated heterocycles. The Bertz CT molecular complexity index is 1090. The molecule has 2 unspecified atom stereocenters. The lowest BCUT2D eigenvalue weighted by molar-refractivity contribution is -0.136. The zero-order chi connectivity index (χ0) is 21.4. The van der Waals surface area contributed by atoms with Crippen molar-refractivity contribution >= 4 is 34.5 Å². The van der Waals surface area contributed by atoms with Gasteiger partial charge in [0, 0.05) is 41.9 Å². The molecular formula is C20H17FN3O5S-. The second kappa shape index (κ2) is 7.96. The molecule has 30 heavy (non-hydrogen) atoms. The number of piperidine rings is 1. The van der Waals surface area contributed by atoms with Crippen LogP contribution in [0.2, 0.25) is 0 Å². The molecule has 2 aromatic rings. The number of rotatable bonds is 5. The molecule has 8 nitrogen and oxygen atoms in total. The molecular weight excluding hydrogens is 413 g/mol. The Balaban J connectivity index is 1.55. The number of carbonyl (C=O) groups is 3. The van der Waals surface area contributed by atoms with Gasteiger partial charge in [-0.05, 0) is 35.7 Å². The number of nitrogens with zero attached hydrogens (tertiary/aromatic N) is 1. The lowest BCUT2D eigenvalue weighted by Gasteiger charge is -2.29. The highest BCUT2D eigenvalue weighted by Crippen LogP contribution is 2.32. The van der Waals surface area contributed by atoms with Crippen LogP contribution in [0.4, 0.5) is 10.1 Å². The van der Waals surface area contributed by atoms with Crippen molar-refractivity contribution in [1.82, 2.24) is 10.2 Å². The minimum absolute atomic E-state index is 0.0138. The van der Waals surface area contributed by atoms with Crippen molar-refractivity contribution in [2.75, 3.05) is 5.32 Å². The van der Waals surface area contributed by atoms with Crippen LogP contribution in [0.15, 0.2) is 41.3 Å². The van der Waals surface area contributed by atoms with E-state index in [-0.39, 0.29) is 43.3 Å². The first-order valence-corrected chi connectivity index (χ1v) is 10.3. The van der Waals surface area contributed by atoms with E-state index < -0.39 is 33.7 Å². The molecule has 4 rings (SSSR count). The van der Waals surface area contributed by atoms with Gasteiger partial charge < -0.3 is 14.8 Å². The van der Waals surface area contributed by atoms with Crippen molar-refractivity contribution in [3.63, 3.8) is 0 Å². The van der Waals surface area contributed by atoms with Gasteiger partial charge in [0.1, 0.15) is 11.9 Å². The summed E-state index contributed by atoms with van der Waals surface area (Å²) in [4.78, 5) is 37.4. The molecule has 0 radical (unpaired) electrons. The van der Waals surface area contributed by atoms with E-state index in [1.165, 1.54) is 23.1 Å². The summed E-state index contributed by atoms with van der Waals surface area (Å²) < 4.78 is 36.6. The molecule has 3 amide bonds. The molecule has 2 N–H and O–H groups in total. The maximum Gasteiger partial charge on any atom is 0.255 e. The second-order valence-electron chi connectivity index (χ2n) is 7.05. The van der Waals surface area contributed by atoms with Crippen LogP contribution >= 0.6 is 0 Å². The second-order valence-corrected chi connectivity index (χ2v) is 7.96. The molecule has 0 saturated carbocycles. The molecule has 1 fully saturated rings. The number of imide groups is 1. The van der Waals surface area contributed by atoms with Crippen molar-refractivity contribution in [3.8, 4) is 0 Å². The molecule has 0 aliphatic carbocycles.